The van der Waals surface area contributed by atoms with Crippen molar-refractivity contribution in [2.45, 2.75) is 62.7 Å². The van der Waals surface area contributed by atoms with Gasteiger partial charge in [-0.25, -0.2) is 4.79 Å². The van der Waals surface area contributed by atoms with Gasteiger partial charge in [0.25, 0.3) is 0 Å². The molecule has 4 atom stereocenters. The number of nitrogens with two attached hydrogens (primary N) is 1. The summed E-state index contributed by atoms with van der Waals surface area (Å²) in [7, 11) is 0. The Morgan fingerprint density at radius 1 is 0.900 bits per heavy atom. The van der Waals surface area contributed by atoms with Gasteiger partial charge in [0.15, 0.2) is 0 Å². The van der Waals surface area contributed by atoms with Crippen LogP contribution in [0.4, 0.5) is 0 Å². The Morgan fingerprint density at radius 3 is 2.17 bits per heavy atom. The van der Waals surface area contributed by atoms with E-state index in [1.54, 1.807) is 0 Å². The third-order valence-corrected chi connectivity index (χ3v) is 6.72. The number of carboxylic acid groups (broad SMARTS) is 2. The van der Waals surface area contributed by atoms with Crippen molar-refractivity contribution in [1.29, 1.82) is 0 Å². The van der Waals surface area contributed by atoms with Crippen LogP contribution in [0.15, 0.2) is 54.6 Å². The average Bonchev–Trinajstić information content (AvgIpc) is 3.41. The lowest BCUT2D eigenvalue weighted by molar-refractivity contribution is -0.143. The Balaban J connectivity index is 1.68. The van der Waals surface area contributed by atoms with Crippen LogP contribution in [0, 0.1) is 0 Å². The lowest BCUT2D eigenvalue weighted by atomic mass is 10.0. The summed E-state index contributed by atoms with van der Waals surface area (Å²) in [6.07, 6.45) is 0.315. The molecular formula is C28H34N4O8. The standard InChI is InChI=1S/C28H34N4O8/c29-20(15-17-5-2-1-3-6-17)27(38)32-14-4-7-23(32)26(37)30-21(12-13-24(34)35)25(36)31-22(28(39)40)16-18-8-10-19(33)11-9-18/h1-3,5-6,8-11,20-23,33H,4,7,12-16,29H2,(H,30,37)(H,31,36)(H,34,35)(H,39,40). The molecule has 0 spiro atoms. The third kappa shape index (κ3) is 8.53. The van der Waals surface area contributed by atoms with Gasteiger partial charge in [0.05, 0.1) is 6.04 Å². The van der Waals surface area contributed by atoms with E-state index >= 15 is 0 Å². The van der Waals surface area contributed by atoms with Crippen molar-refractivity contribution < 1.29 is 39.3 Å². The summed E-state index contributed by atoms with van der Waals surface area (Å²) >= 11 is 0. The number of nitrogens with zero attached hydrogens (tertiary/aromatic N) is 1. The number of nitrogens with one attached hydrogen (secondary N) is 2. The largest absolute Gasteiger partial charge is 0.508 e. The molecule has 1 fully saturated rings. The Kier molecular flexibility index (Phi) is 10.6. The maximum Gasteiger partial charge on any atom is 0.326 e. The molecule has 1 aliphatic heterocycles. The molecule has 1 saturated heterocycles. The van der Waals surface area contributed by atoms with Gasteiger partial charge in [-0.2, -0.15) is 0 Å². The van der Waals surface area contributed by atoms with Gasteiger partial charge in [-0.15, -0.1) is 0 Å². The van der Waals surface area contributed by atoms with E-state index in [1.807, 2.05) is 30.3 Å². The summed E-state index contributed by atoms with van der Waals surface area (Å²) in [6, 6.07) is 10.5. The van der Waals surface area contributed by atoms with Gasteiger partial charge < -0.3 is 36.6 Å². The average molecular weight is 555 g/mol. The fraction of sp³-hybridized carbons (Fsp3) is 0.393. The van der Waals surface area contributed by atoms with E-state index in [1.165, 1.54) is 29.2 Å². The van der Waals surface area contributed by atoms with Crippen molar-refractivity contribution in [2.75, 3.05) is 6.54 Å². The zero-order chi connectivity index (χ0) is 29.2. The van der Waals surface area contributed by atoms with Crippen LogP contribution in [0.3, 0.4) is 0 Å². The first-order valence-corrected chi connectivity index (χ1v) is 13.0. The van der Waals surface area contributed by atoms with E-state index in [4.69, 9.17) is 10.8 Å². The zero-order valence-corrected chi connectivity index (χ0v) is 21.9. The fourth-order valence-electron chi connectivity index (χ4n) is 4.62. The van der Waals surface area contributed by atoms with Crippen LogP contribution in [0.2, 0.25) is 0 Å². The molecule has 0 saturated carbocycles. The number of benzene rings is 2. The molecule has 0 aliphatic carbocycles. The molecular weight excluding hydrogens is 520 g/mol. The number of phenolic OH excluding ortho intramolecular Hbond substituents is 1. The minimum Gasteiger partial charge on any atom is -0.508 e. The molecule has 12 heteroatoms. The van der Waals surface area contributed by atoms with Gasteiger partial charge in [-0.1, -0.05) is 42.5 Å². The lowest BCUT2D eigenvalue weighted by Crippen LogP contribution is -2.57. The maximum absolute atomic E-state index is 13.2. The van der Waals surface area contributed by atoms with Gasteiger partial charge >= 0.3 is 11.9 Å². The number of hydrogen-bond acceptors (Lipinski definition) is 7. The van der Waals surface area contributed by atoms with E-state index in [0.717, 1.165) is 5.56 Å². The van der Waals surface area contributed by atoms with Crippen LogP contribution < -0.4 is 16.4 Å². The number of aliphatic carboxylic acids is 2. The van der Waals surface area contributed by atoms with E-state index in [9.17, 15) is 34.2 Å². The number of amides is 3. The van der Waals surface area contributed by atoms with Crippen molar-refractivity contribution in [3.8, 4) is 5.75 Å². The number of rotatable bonds is 13. The Labute approximate surface area is 231 Å². The lowest BCUT2D eigenvalue weighted by Gasteiger charge is -2.28. The predicted octanol–water partition coefficient (Wildman–Crippen LogP) is 0.415. The number of phenols is 1. The topological polar surface area (TPSA) is 199 Å². The van der Waals surface area contributed by atoms with Crippen LogP contribution in [-0.2, 0) is 36.8 Å². The first kappa shape index (κ1) is 30.1. The summed E-state index contributed by atoms with van der Waals surface area (Å²) in [5.41, 5.74) is 7.56. The number of carboxylic acids is 2. The normalized spacial score (nSPS) is 16.9. The SMILES string of the molecule is NC(Cc1ccccc1)C(=O)N1CCCC1C(=O)NC(CCC(=O)O)C(=O)NC(Cc1ccc(O)cc1)C(=O)O. The molecule has 0 aromatic heterocycles. The first-order valence-electron chi connectivity index (χ1n) is 13.0. The van der Waals surface area contributed by atoms with Crippen LogP contribution in [0.1, 0.15) is 36.8 Å². The number of carbonyl (C=O) groups is 5. The van der Waals surface area contributed by atoms with Gasteiger partial charge in [-0.3, -0.25) is 19.2 Å². The molecule has 2 aromatic carbocycles. The second-order valence-electron chi connectivity index (χ2n) is 9.75. The second kappa shape index (κ2) is 14.1. The van der Waals surface area contributed by atoms with Crippen LogP contribution in [0.5, 0.6) is 5.75 Å². The van der Waals surface area contributed by atoms with Gasteiger partial charge in [0.1, 0.15) is 23.9 Å². The number of likely N-dealkylation sites (tertiary alicyclic amines) is 1. The van der Waals surface area contributed by atoms with Crippen molar-refractivity contribution in [3.05, 3.63) is 65.7 Å². The van der Waals surface area contributed by atoms with Gasteiger partial charge in [-0.05, 0) is 48.9 Å². The highest BCUT2D eigenvalue weighted by Crippen LogP contribution is 2.20. The molecule has 40 heavy (non-hydrogen) atoms. The highest BCUT2D eigenvalue weighted by Gasteiger charge is 2.38. The third-order valence-electron chi connectivity index (χ3n) is 6.72. The summed E-state index contributed by atoms with van der Waals surface area (Å²) in [6.45, 7) is 0.305. The maximum atomic E-state index is 13.2. The first-order chi connectivity index (χ1) is 19.0. The Bertz CT molecular complexity index is 1200. The predicted molar refractivity (Wildman–Crippen MR) is 143 cm³/mol. The minimum absolute atomic E-state index is 0.00318. The smallest absolute Gasteiger partial charge is 0.326 e. The van der Waals surface area contributed by atoms with Crippen molar-refractivity contribution in [3.63, 3.8) is 0 Å². The van der Waals surface area contributed by atoms with E-state index < -0.39 is 60.2 Å². The molecule has 1 aliphatic rings. The fourth-order valence-corrected chi connectivity index (χ4v) is 4.62. The zero-order valence-electron chi connectivity index (χ0n) is 21.9. The molecule has 4 unspecified atom stereocenters. The Morgan fingerprint density at radius 2 is 1.55 bits per heavy atom. The van der Waals surface area contributed by atoms with E-state index in [2.05, 4.69) is 10.6 Å². The minimum atomic E-state index is -1.37. The van der Waals surface area contributed by atoms with Crippen LogP contribution in [0.25, 0.3) is 0 Å². The molecule has 3 rings (SSSR count). The quantitative estimate of drug-likeness (QED) is 0.203. The van der Waals surface area contributed by atoms with Gasteiger partial charge in [0.2, 0.25) is 17.7 Å². The van der Waals surface area contributed by atoms with Crippen LogP contribution in [-0.4, -0.2) is 80.6 Å². The molecule has 2 aromatic rings. The van der Waals surface area contributed by atoms with Crippen molar-refractivity contribution in [1.82, 2.24) is 15.5 Å². The second-order valence-corrected chi connectivity index (χ2v) is 9.75. The van der Waals surface area contributed by atoms with E-state index in [-0.39, 0.29) is 25.0 Å². The van der Waals surface area contributed by atoms with Crippen molar-refractivity contribution >= 4 is 29.7 Å². The molecule has 7 N–H and O–H groups in total. The summed E-state index contributed by atoms with van der Waals surface area (Å²) in [4.78, 5) is 63.8. The van der Waals surface area contributed by atoms with Gasteiger partial charge in [0, 0.05) is 19.4 Å². The molecule has 12 nitrogen and oxygen atoms in total. The van der Waals surface area contributed by atoms with E-state index in [0.29, 0.717) is 24.9 Å². The summed E-state index contributed by atoms with van der Waals surface area (Å²) in [5.74, 6) is -4.45. The highest BCUT2D eigenvalue weighted by atomic mass is 16.4. The summed E-state index contributed by atoms with van der Waals surface area (Å²) < 4.78 is 0. The monoisotopic (exact) mass is 554 g/mol. The number of aromatic hydroxyl groups is 1. The molecule has 3 amide bonds. The molecule has 1 heterocycles. The Hall–Kier alpha value is -4.45. The molecule has 0 bridgehead atoms. The number of hydrogen-bond donors (Lipinski definition) is 6. The summed E-state index contributed by atoms with van der Waals surface area (Å²) in [5, 5.41) is 33.1. The van der Waals surface area contributed by atoms with Crippen LogP contribution >= 0.6 is 0 Å². The number of carbonyl (C=O) groups excluding carboxylic acids is 3. The molecule has 0 radical (unpaired) electrons. The highest BCUT2D eigenvalue weighted by molar-refractivity contribution is 5.94. The van der Waals surface area contributed by atoms with Crippen molar-refractivity contribution in [2.24, 2.45) is 5.73 Å². The molecule has 214 valence electrons.